The molecular weight excluding hydrogens is 412 g/mol. The molecule has 7 heteroatoms. The summed E-state index contributed by atoms with van der Waals surface area (Å²) in [6, 6.07) is 19.0. The van der Waals surface area contributed by atoms with Gasteiger partial charge in [-0.15, -0.1) is 0 Å². The molecule has 1 saturated heterocycles. The number of aromatic nitrogens is 2. The SMILES string of the molecule is CN=C(NCc1ccc(CN2CCC(O)CC2)cc1)N(C)Cc1ncc(-c2ccccc2)[nH]1. The third-order valence-corrected chi connectivity index (χ3v) is 6.11. The summed E-state index contributed by atoms with van der Waals surface area (Å²) in [5, 5.41) is 13.1. The number of aromatic amines is 1. The number of piperidine rings is 1. The molecule has 3 N–H and O–H groups in total. The summed E-state index contributed by atoms with van der Waals surface area (Å²) in [5.74, 6) is 1.72. The Labute approximate surface area is 196 Å². The average molecular weight is 447 g/mol. The lowest BCUT2D eigenvalue weighted by Crippen LogP contribution is -2.38. The second-order valence-electron chi connectivity index (χ2n) is 8.69. The van der Waals surface area contributed by atoms with Gasteiger partial charge in [-0.05, 0) is 29.5 Å². The minimum absolute atomic E-state index is 0.124. The summed E-state index contributed by atoms with van der Waals surface area (Å²) in [6.07, 6.45) is 3.50. The molecule has 0 amide bonds. The van der Waals surface area contributed by atoms with Gasteiger partial charge in [0.2, 0.25) is 0 Å². The van der Waals surface area contributed by atoms with Gasteiger partial charge >= 0.3 is 0 Å². The molecule has 0 atom stereocenters. The van der Waals surface area contributed by atoms with Gasteiger partial charge in [0.15, 0.2) is 5.96 Å². The Kier molecular flexibility index (Phi) is 7.75. The van der Waals surface area contributed by atoms with Crippen LogP contribution < -0.4 is 5.32 Å². The quantitative estimate of drug-likeness (QED) is 0.384. The highest BCUT2D eigenvalue weighted by atomic mass is 16.3. The van der Waals surface area contributed by atoms with Gasteiger partial charge in [-0.1, -0.05) is 54.6 Å². The molecule has 4 rings (SSSR count). The first-order valence-corrected chi connectivity index (χ1v) is 11.6. The first-order chi connectivity index (χ1) is 16.1. The molecule has 0 saturated carbocycles. The van der Waals surface area contributed by atoms with Crippen LogP contribution in [0, 0.1) is 0 Å². The number of hydrogen-bond acceptors (Lipinski definition) is 4. The topological polar surface area (TPSA) is 79.8 Å². The summed E-state index contributed by atoms with van der Waals surface area (Å²) in [7, 11) is 3.81. The van der Waals surface area contributed by atoms with Gasteiger partial charge in [-0.3, -0.25) is 9.89 Å². The number of rotatable bonds is 7. The number of aliphatic hydroxyl groups excluding tert-OH is 1. The number of likely N-dealkylation sites (tertiary alicyclic amines) is 1. The average Bonchev–Trinajstić information content (AvgIpc) is 3.31. The van der Waals surface area contributed by atoms with Crippen LogP contribution in [0.1, 0.15) is 29.8 Å². The summed E-state index contributed by atoms with van der Waals surface area (Å²) in [4.78, 5) is 16.8. The van der Waals surface area contributed by atoms with Crippen LogP contribution in [0.4, 0.5) is 0 Å². The molecule has 0 aliphatic carbocycles. The first-order valence-electron chi connectivity index (χ1n) is 11.6. The van der Waals surface area contributed by atoms with E-state index in [1.165, 1.54) is 11.1 Å². The number of nitrogens with one attached hydrogen (secondary N) is 2. The van der Waals surface area contributed by atoms with Crippen molar-refractivity contribution in [2.45, 2.75) is 38.6 Å². The Morgan fingerprint density at radius 3 is 2.52 bits per heavy atom. The minimum Gasteiger partial charge on any atom is -0.393 e. The summed E-state index contributed by atoms with van der Waals surface area (Å²) >= 11 is 0. The number of aliphatic hydroxyl groups is 1. The molecule has 0 unspecified atom stereocenters. The highest BCUT2D eigenvalue weighted by Gasteiger charge is 2.16. The van der Waals surface area contributed by atoms with E-state index in [9.17, 15) is 5.11 Å². The van der Waals surface area contributed by atoms with Gasteiger partial charge in [0.05, 0.1) is 24.5 Å². The van der Waals surface area contributed by atoms with Crippen LogP contribution in [-0.4, -0.2) is 64.1 Å². The van der Waals surface area contributed by atoms with Crippen LogP contribution >= 0.6 is 0 Å². The van der Waals surface area contributed by atoms with Gasteiger partial charge in [-0.25, -0.2) is 4.98 Å². The number of guanidine groups is 1. The van der Waals surface area contributed by atoms with Crippen LogP contribution in [-0.2, 0) is 19.6 Å². The van der Waals surface area contributed by atoms with Crippen molar-refractivity contribution in [1.29, 1.82) is 0 Å². The van der Waals surface area contributed by atoms with Crippen molar-refractivity contribution >= 4 is 5.96 Å². The predicted molar refractivity (Wildman–Crippen MR) is 133 cm³/mol. The van der Waals surface area contributed by atoms with Gasteiger partial charge in [0, 0.05) is 40.3 Å². The first kappa shape index (κ1) is 23.0. The number of hydrogen-bond donors (Lipinski definition) is 3. The van der Waals surface area contributed by atoms with E-state index >= 15 is 0 Å². The van der Waals surface area contributed by atoms with Crippen LogP contribution in [0.5, 0.6) is 0 Å². The molecule has 7 nitrogen and oxygen atoms in total. The lowest BCUT2D eigenvalue weighted by atomic mass is 10.1. The molecular formula is C26H34N6O. The molecule has 33 heavy (non-hydrogen) atoms. The van der Waals surface area contributed by atoms with E-state index in [4.69, 9.17) is 0 Å². The van der Waals surface area contributed by atoms with Crippen molar-refractivity contribution in [3.63, 3.8) is 0 Å². The maximum atomic E-state index is 9.67. The van der Waals surface area contributed by atoms with Crippen molar-refractivity contribution in [3.05, 3.63) is 77.7 Å². The predicted octanol–water partition coefficient (Wildman–Crippen LogP) is 3.24. The minimum atomic E-state index is -0.124. The summed E-state index contributed by atoms with van der Waals surface area (Å²) in [6.45, 7) is 4.22. The Morgan fingerprint density at radius 2 is 1.82 bits per heavy atom. The van der Waals surface area contributed by atoms with Gasteiger partial charge in [0.1, 0.15) is 5.82 Å². The molecule has 174 valence electrons. The molecule has 0 spiro atoms. The number of aliphatic imine (C=N–C) groups is 1. The highest BCUT2D eigenvalue weighted by molar-refractivity contribution is 5.79. The fourth-order valence-corrected chi connectivity index (χ4v) is 4.17. The second-order valence-corrected chi connectivity index (χ2v) is 8.69. The summed E-state index contributed by atoms with van der Waals surface area (Å²) < 4.78 is 0. The lowest BCUT2D eigenvalue weighted by molar-refractivity contribution is 0.0792. The summed E-state index contributed by atoms with van der Waals surface area (Å²) in [5.41, 5.74) is 4.67. The van der Waals surface area contributed by atoms with Crippen molar-refractivity contribution in [2.24, 2.45) is 4.99 Å². The molecule has 0 bridgehead atoms. The Hall–Kier alpha value is -3.16. The van der Waals surface area contributed by atoms with E-state index < -0.39 is 0 Å². The van der Waals surface area contributed by atoms with Gasteiger partial charge in [-0.2, -0.15) is 0 Å². The fraction of sp³-hybridized carbons (Fsp3) is 0.385. The van der Waals surface area contributed by atoms with Crippen LogP contribution in [0.3, 0.4) is 0 Å². The maximum Gasteiger partial charge on any atom is 0.194 e. The molecule has 2 heterocycles. The number of nitrogens with zero attached hydrogens (tertiary/aromatic N) is 4. The van der Waals surface area contributed by atoms with E-state index in [1.807, 2.05) is 31.4 Å². The fourth-order valence-electron chi connectivity index (χ4n) is 4.17. The van der Waals surface area contributed by atoms with E-state index in [2.05, 4.69) is 66.5 Å². The van der Waals surface area contributed by atoms with Crippen LogP contribution in [0.15, 0.2) is 65.8 Å². The second kappa shape index (κ2) is 11.1. The van der Waals surface area contributed by atoms with Crippen LogP contribution in [0.2, 0.25) is 0 Å². The van der Waals surface area contributed by atoms with Gasteiger partial charge in [0.25, 0.3) is 0 Å². The highest BCUT2D eigenvalue weighted by Crippen LogP contribution is 2.17. The molecule has 1 aliphatic heterocycles. The van der Waals surface area contributed by atoms with E-state index in [-0.39, 0.29) is 6.10 Å². The molecule has 2 aromatic carbocycles. The molecule has 0 radical (unpaired) electrons. The number of benzene rings is 2. The zero-order chi connectivity index (χ0) is 23.0. The smallest absolute Gasteiger partial charge is 0.194 e. The van der Waals surface area contributed by atoms with Crippen molar-refractivity contribution in [2.75, 3.05) is 27.2 Å². The zero-order valence-corrected chi connectivity index (χ0v) is 19.5. The number of imidazole rings is 1. The maximum absolute atomic E-state index is 9.67. The van der Waals surface area contributed by atoms with Gasteiger partial charge < -0.3 is 20.3 Å². The largest absolute Gasteiger partial charge is 0.393 e. The van der Waals surface area contributed by atoms with E-state index in [0.717, 1.165) is 55.5 Å². The Balaban J connectivity index is 1.27. The zero-order valence-electron chi connectivity index (χ0n) is 19.5. The molecule has 1 aliphatic rings. The lowest BCUT2D eigenvalue weighted by Gasteiger charge is -2.29. The Morgan fingerprint density at radius 1 is 1.12 bits per heavy atom. The monoisotopic (exact) mass is 446 g/mol. The molecule has 1 fully saturated rings. The van der Waals surface area contributed by atoms with E-state index in [1.54, 1.807) is 7.05 Å². The standard InChI is InChI=1S/C26H34N6O/c1-27-26(31(2)19-25-28-17-24(30-25)22-6-4-3-5-7-22)29-16-20-8-10-21(11-9-20)18-32-14-12-23(33)13-15-32/h3-11,17,23,33H,12-16,18-19H2,1-2H3,(H,27,29)(H,28,30). The Bertz CT molecular complexity index is 1020. The molecule has 1 aromatic heterocycles. The van der Waals surface area contributed by atoms with E-state index in [0.29, 0.717) is 13.1 Å². The van der Waals surface area contributed by atoms with Crippen molar-refractivity contribution in [3.8, 4) is 11.3 Å². The molecule has 3 aromatic rings. The normalized spacial score (nSPS) is 15.5. The van der Waals surface area contributed by atoms with Crippen molar-refractivity contribution < 1.29 is 5.11 Å². The van der Waals surface area contributed by atoms with Crippen molar-refractivity contribution in [1.82, 2.24) is 25.1 Å². The third kappa shape index (κ3) is 6.43. The number of H-pyrrole nitrogens is 1. The van der Waals surface area contributed by atoms with Crippen LogP contribution in [0.25, 0.3) is 11.3 Å². The third-order valence-electron chi connectivity index (χ3n) is 6.11.